The van der Waals surface area contributed by atoms with E-state index in [2.05, 4.69) is 5.32 Å². The molecule has 28 heavy (non-hydrogen) atoms. The van der Waals surface area contributed by atoms with Crippen LogP contribution in [0.5, 0.6) is 5.75 Å². The van der Waals surface area contributed by atoms with Crippen molar-refractivity contribution < 1.29 is 36.6 Å². The molecule has 0 bridgehead atoms. The van der Waals surface area contributed by atoms with E-state index < -0.39 is 51.1 Å². The van der Waals surface area contributed by atoms with Gasteiger partial charge in [0.2, 0.25) is 15.9 Å². The number of aliphatic hydroxyl groups excluding tert-OH is 2. The van der Waals surface area contributed by atoms with E-state index in [0.29, 0.717) is 0 Å². The molecule has 1 aromatic carbocycles. The van der Waals surface area contributed by atoms with Gasteiger partial charge in [0.05, 0.1) is 41.9 Å². The molecule has 12 heteroatoms. The summed E-state index contributed by atoms with van der Waals surface area (Å²) in [7, 11) is -6.26. The van der Waals surface area contributed by atoms with Gasteiger partial charge in [0.25, 0.3) is 0 Å². The molecule has 2 rings (SSSR count). The second-order valence-corrected chi connectivity index (χ2v) is 10.6. The lowest BCUT2D eigenvalue weighted by Gasteiger charge is -2.29. The topological polar surface area (TPSA) is 150 Å². The summed E-state index contributed by atoms with van der Waals surface area (Å²) in [6.07, 6.45) is -1.28. The number of aliphatic hydroxyl groups is 2. The molecular weight excluding hydrogens is 412 g/mol. The maximum atomic E-state index is 13.2. The third-order valence-electron chi connectivity index (χ3n) is 4.31. The van der Waals surface area contributed by atoms with Crippen molar-refractivity contribution in [2.24, 2.45) is 0 Å². The van der Waals surface area contributed by atoms with Gasteiger partial charge in [0, 0.05) is 19.5 Å². The van der Waals surface area contributed by atoms with Crippen LogP contribution < -0.4 is 10.1 Å². The number of ether oxygens (including phenoxy) is 1. The Hall–Kier alpha value is -1.73. The first-order valence-corrected chi connectivity index (χ1v) is 11.7. The lowest BCUT2D eigenvalue weighted by molar-refractivity contribution is -0.114. The van der Waals surface area contributed by atoms with Gasteiger partial charge in [-0.2, -0.15) is 4.31 Å². The monoisotopic (exact) mass is 436 g/mol. The average Bonchev–Trinajstić information content (AvgIpc) is 2.98. The molecule has 1 heterocycles. The molecular formula is C16H24N2O8S2. The zero-order chi connectivity index (χ0) is 21.1. The molecule has 158 valence electrons. The van der Waals surface area contributed by atoms with Gasteiger partial charge >= 0.3 is 0 Å². The van der Waals surface area contributed by atoms with Crippen molar-refractivity contribution in [2.45, 2.75) is 30.4 Å². The summed E-state index contributed by atoms with van der Waals surface area (Å²) < 4.78 is 56.1. The predicted octanol–water partition coefficient (Wildman–Crippen LogP) is -0.815. The van der Waals surface area contributed by atoms with Crippen molar-refractivity contribution in [1.29, 1.82) is 0 Å². The number of hydrogen-bond donors (Lipinski definition) is 3. The summed E-state index contributed by atoms with van der Waals surface area (Å²) in [6.45, 7) is 0.125. The molecule has 1 saturated heterocycles. The fourth-order valence-corrected chi connectivity index (χ4v) is 6.53. The average molecular weight is 437 g/mol. The number of nitrogens with one attached hydrogen (secondary N) is 1. The first-order valence-electron chi connectivity index (χ1n) is 8.47. The number of anilines is 1. The van der Waals surface area contributed by atoms with Crippen LogP contribution in [0.15, 0.2) is 23.1 Å². The molecule has 1 aliphatic rings. The molecule has 1 amide bonds. The number of nitrogens with zero attached hydrogens (tertiary/aromatic N) is 1. The van der Waals surface area contributed by atoms with Gasteiger partial charge in [-0.05, 0) is 24.6 Å². The molecule has 10 nitrogen and oxygen atoms in total. The van der Waals surface area contributed by atoms with Gasteiger partial charge in [-0.15, -0.1) is 0 Å². The van der Waals surface area contributed by atoms with Crippen molar-refractivity contribution >= 4 is 31.5 Å². The highest BCUT2D eigenvalue weighted by atomic mass is 32.2. The van der Waals surface area contributed by atoms with E-state index in [1.165, 1.54) is 32.2 Å². The van der Waals surface area contributed by atoms with Crippen molar-refractivity contribution in [3.63, 3.8) is 0 Å². The van der Waals surface area contributed by atoms with Gasteiger partial charge in [0.15, 0.2) is 9.84 Å². The minimum absolute atomic E-state index is 0.0917. The summed E-state index contributed by atoms with van der Waals surface area (Å²) in [5.74, 6) is -0.695. The quantitative estimate of drug-likeness (QED) is 0.478. The Balaban J connectivity index is 2.48. The van der Waals surface area contributed by atoms with Crippen LogP contribution in [0.4, 0.5) is 5.69 Å². The van der Waals surface area contributed by atoms with Crippen LogP contribution >= 0.6 is 0 Å². The minimum Gasteiger partial charge on any atom is -0.495 e. The Morgan fingerprint density at radius 1 is 1.43 bits per heavy atom. The SMILES string of the molecule is COc1ccc(S(=O)(=O)N(C[C@@H](O)CO)[C@@H]2CCS(=O)(=O)C2)cc1NC(C)=O. The zero-order valence-corrected chi connectivity index (χ0v) is 17.2. The number of benzene rings is 1. The van der Waals surface area contributed by atoms with E-state index >= 15 is 0 Å². The number of sulfone groups is 1. The van der Waals surface area contributed by atoms with Crippen LogP contribution in [0.1, 0.15) is 13.3 Å². The Morgan fingerprint density at radius 3 is 2.61 bits per heavy atom. The standard InChI is InChI=1S/C16H24N2O8S2/c1-11(20)17-15-7-14(3-4-16(15)26-2)28(24,25)18(8-13(21)9-19)12-5-6-27(22,23)10-12/h3-4,7,12-13,19,21H,5-6,8-10H2,1-2H3,(H,17,20)/t12-,13-/m1/s1. The van der Waals surface area contributed by atoms with E-state index in [9.17, 15) is 26.7 Å². The summed E-state index contributed by atoms with van der Waals surface area (Å²) in [6, 6.07) is 2.98. The number of amides is 1. The molecule has 0 aromatic heterocycles. The molecule has 0 aliphatic carbocycles. The fraction of sp³-hybridized carbons (Fsp3) is 0.562. The van der Waals surface area contributed by atoms with Crippen LogP contribution in [-0.4, -0.2) is 81.2 Å². The smallest absolute Gasteiger partial charge is 0.243 e. The lowest BCUT2D eigenvalue weighted by atomic mass is 10.2. The van der Waals surface area contributed by atoms with Crippen molar-refractivity contribution in [3.05, 3.63) is 18.2 Å². The predicted molar refractivity (Wildman–Crippen MR) is 101 cm³/mol. The molecule has 3 N–H and O–H groups in total. The number of sulfonamides is 1. The minimum atomic E-state index is -4.23. The highest BCUT2D eigenvalue weighted by Gasteiger charge is 2.39. The van der Waals surface area contributed by atoms with Gasteiger partial charge in [-0.3, -0.25) is 4.79 Å². The van der Waals surface area contributed by atoms with Crippen LogP contribution in [0.2, 0.25) is 0 Å². The summed E-state index contributed by atoms with van der Waals surface area (Å²) in [5.41, 5.74) is 0.137. The highest BCUT2D eigenvalue weighted by molar-refractivity contribution is 7.92. The Bertz CT molecular complexity index is 930. The van der Waals surface area contributed by atoms with E-state index in [4.69, 9.17) is 9.84 Å². The van der Waals surface area contributed by atoms with Gasteiger partial charge < -0.3 is 20.3 Å². The van der Waals surface area contributed by atoms with Gasteiger partial charge in [0.1, 0.15) is 5.75 Å². The van der Waals surface area contributed by atoms with Crippen LogP contribution in [0.25, 0.3) is 0 Å². The third kappa shape index (κ3) is 5.20. The largest absolute Gasteiger partial charge is 0.495 e. The molecule has 0 saturated carbocycles. The maximum absolute atomic E-state index is 13.2. The number of carbonyl (C=O) groups excluding carboxylic acids is 1. The van der Waals surface area contributed by atoms with Gasteiger partial charge in [-0.25, -0.2) is 16.8 Å². The number of carbonyl (C=O) groups is 1. The van der Waals surface area contributed by atoms with Crippen LogP contribution in [0, 0.1) is 0 Å². The summed E-state index contributed by atoms with van der Waals surface area (Å²) in [4.78, 5) is 11.2. The highest BCUT2D eigenvalue weighted by Crippen LogP contribution is 2.31. The first-order chi connectivity index (χ1) is 13.0. The normalized spacial score (nSPS) is 20.1. The van der Waals surface area contributed by atoms with E-state index in [1.807, 2.05) is 0 Å². The lowest BCUT2D eigenvalue weighted by Crippen LogP contribution is -2.46. The number of hydrogen-bond acceptors (Lipinski definition) is 8. The number of rotatable bonds is 8. The molecule has 0 spiro atoms. The molecule has 2 atom stereocenters. The Labute approximate surface area is 164 Å². The maximum Gasteiger partial charge on any atom is 0.243 e. The van der Waals surface area contributed by atoms with E-state index in [1.54, 1.807) is 0 Å². The van der Waals surface area contributed by atoms with Crippen molar-refractivity contribution in [3.8, 4) is 5.75 Å². The Morgan fingerprint density at radius 2 is 2.11 bits per heavy atom. The van der Waals surface area contributed by atoms with Crippen LogP contribution in [0.3, 0.4) is 0 Å². The van der Waals surface area contributed by atoms with E-state index in [-0.39, 0.29) is 34.3 Å². The first kappa shape index (κ1) is 22.6. The summed E-state index contributed by atoms with van der Waals surface area (Å²) >= 11 is 0. The molecule has 0 unspecified atom stereocenters. The molecule has 0 radical (unpaired) electrons. The molecule has 1 fully saturated rings. The zero-order valence-electron chi connectivity index (χ0n) is 15.5. The van der Waals surface area contributed by atoms with Crippen molar-refractivity contribution in [2.75, 3.05) is 37.1 Å². The van der Waals surface area contributed by atoms with E-state index in [0.717, 1.165) is 4.31 Å². The Kier molecular flexibility index (Phi) is 7.04. The second kappa shape index (κ2) is 8.74. The van der Waals surface area contributed by atoms with Crippen molar-refractivity contribution in [1.82, 2.24) is 4.31 Å². The third-order valence-corrected chi connectivity index (χ3v) is 7.97. The molecule has 1 aliphatic heterocycles. The summed E-state index contributed by atoms with van der Waals surface area (Å²) in [5, 5.41) is 21.4. The second-order valence-electron chi connectivity index (χ2n) is 6.51. The van der Waals surface area contributed by atoms with Gasteiger partial charge in [-0.1, -0.05) is 0 Å². The van der Waals surface area contributed by atoms with Crippen LogP contribution in [-0.2, 0) is 24.7 Å². The molecule has 1 aromatic rings. The number of methoxy groups -OCH3 is 1. The fourth-order valence-electron chi connectivity index (χ4n) is 2.98.